The molecule has 0 spiro atoms. The van der Waals surface area contributed by atoms with Crippen LogP contribution in [0.5, 0.6) is 0 Å². The summed E-state index contributed by atoms with van der Waals surface area (Å²) in [4.78, 5) is 11.9. The molecule has 0 fully saturated rings. The van der Waals surface area contributed by atoms with Gasteiger partial charge in [0.05, 0.1) is 0 Å². The van der Waals surface area contributed by atoms with Crippen molar-refractivity contribution in [3.8, 4) is 0 Å². The molecule has 2 rings (SSSR count). The third-order valence-electron chi connectivity index (χ3n) is 3.31. The Labute approximate surface area is 89.9 Å². The second-order valence-electron chi connectivity index (χ2n) is 4.50. The van der Waals surface area contributed by atoms with Gasteiger partial charge in [0.1, 0.15) is 0 Å². The molecule has 15 heavy (non-hydrogen) atoms. The van der Waals surface area contributed by atoms with Crippen LogP contribution in [0.15, 0.2) is 24.3 Å². The summed E-state index contributed by atoms with van der Waals surface area (Å²) in [5, 5.41) is 10.5. The molecule has 1 N–H and O–H groups in total. The van der Waals surface area contributed by atoms with Gasteiger partial charge in [-0.3, -0.25) is 4.79 Å². The number of fused-ring (bicyclic) bond motifs is 1. The van der Waals surface area contributed by atoms with Gasteiger partial charge in [-0.2, -0.15) is 0 Å². The highest BCUT2D eigenvalue weighted by Gasteiger charge is 2.44. The van der Waals surface area contributed by atoms with Crippen molar-refractivity contribution < 1.29 is 9.90 Å². The monoisotopic (exact) mass is 204 g/mol. The number of aryl methyl sites for hydroxylation is 1. The van der Waals surface area contributed by atoms with E-state index in [1.165, 1.54) is 0 Å². The molecular weight excluding hydrogens is 188 g/mol. The van der Waals surface area contributed by atoms with Gasteiger partial charge in [0.2, 0.25) is 0 Å². The van der Waals surface area contributed by atoms with Crippen LogP contribution in [0, 0.1) is 5.92 Å². The number of Topliss-reactive ketones (excluding diaryl/α,β-unsaturated/α-hetero) is 1. The Kier molecular flexibility index (Phi) is 2.39. The van der Waals surface area contributed by atoms with Crippen molar-refractivity contribution in [2.24, 2.45) is 5.92 Å². The summed E-state index contributed by atoms with van der Waals surface area (Å²) in [7, 11) is 0. The number of ketones is 1. The Bertz CT molecular complexity index is 395. The van der Waals surface area contributed by atoms with E-state index in [1.807, 2.05) is 38.1 Å². The maximum Gasteiger partial charge on any atom is 0.169 e. The van der Waals surface area contributed by atoms with Gasteiger partial charge in [0.15, 0.2) is 11.4 Å². The molecule has 1 unspecified atom stereocenters. The molecule has 0 heterocycles. The molecular formula is C13H16O2. The first-order chi connectivity index (χ1) is 7.06. The molecule has 0 amide bonds. The van der Waals surface area contributed by atoms with Gasteiger partial charge in [-0.1, -0.05) is 38.1 Å². The number of hydrogen-bond donors (Lipinski definition) is 1. The Morgan fingerprint density at radius 2 is 1.93 bits per heavy atom. The van der Waals surface area contributed by atoms with Crippen LogP contribution < -0.4 is 0 Å². The molecule has 0 saturated carbocycles. The highest BCUT2D eigenvalue weighted by atomic mass is 16.3. The van der Waals surface area contributed by atoms with Crippen molar-refractivity contribution in [1.29, 1.82) is 0 Å². The maximum absolute atomic E-state index is 11.9. The van der Waals surface area contributed by atoms with Crippen LogP contribution in [0.2, 0.25) is 0 Å². The molecule has 2 heteroatoms. The van der Waals surface area contributed by atoms with Crippen molar-refractivity contribution >= 4 is 5.78 Å². The zero-order valence-electron chi connectivity index (χ0n) is 9.16. The minimum atomic E-state index is -1.27. The van der Waals surface area contributed by atoms with Crippen molar-refractivity contribution in [2.45, 2.75) is 32.3 Å². The molecule has 1 aliphatic carbocycles. The molecule has 2 nitrogen and oxygen atoms in total. The molecule has 0 saturated heterocycles. The van der Waals surface area contributed by atoms with E-state index in [-0.39, 0.29) is 11.7 Å². The van der Waals surface area contributed by atoms with E-state index >= 15 is 0 Å². The predicted octanol–water partition coefficient (Wildman–Crippen LogP) is 2.05. The van der Waals surface area contributed by atoms with Crippen LogP contribution in [0.3, 0.4) is 0 Å². The quantitative estimate of drug-likeness (QED) is 0.760. The van der Waals surface area contributed by atoms with Crippen LogP contribution in [-0.4, -0.2) is 10.9 Å². The van der Waals surface area contributed by atoms with E-state index in [0.29, 0.717) is 6.42 Å². The fourth-order valence-electron chi connectivity index (χ4n) is 2.33. The highest BCUT2D eigenvalue weighted by molar-refractivity contribution is 5.90. The molecule has 1 aromatic rings. The largest absolute Gasteiger partial charge is 0.377 e. The Morgan fingerprint density at radius 3 is 2.60 bits per heavy atom. The molecule has 0 radical (unpaired) electrons. The standard InChI is InChI=1S/C13H16O2/c1-9(2)13(15)11-6-4-3-5-10(11)7-8-12(13)14/h3-6,9,15H,7-8H2,1-2H3. The number of aliphatic hydroxyl groups is 1. The first-order valence-electron chi connectivity index (χ1n) is 5.41. The molecule has 0 aliphatic heterocycles. The minimum Gasteiger partial charge on any atom is -0.377 e. The smallest absolute Gasteiger partial charge is 0.169 e. The third kappa shape index (κ3) is 1.40. The summed E-state index contributed by atoms with van der Waals surface area (Å²) in [5.74, 6) is -0.123. The van der Waals surface area contributed by atoms with Gasteiger partial charge < -0.3 is 5.11 Å². The predicted molar refractivity (Wildman–Crippen MR) is 58.5 cm³/mol. The summed E-state index contributed by atoms with van der Waals surface area (Å²) in [6.45, 7) is 3.78. The van der Waals surface area contributed by atoms with E-state index in [9.17, 15) is 9.90 Å². The molecule has 1 aliphatic rings. The molecule has 80 valence electrons. The van der Waals surface area contributed by atoms with Crippen molar-refractivity contribution in [3.05, 3.63) is 35.4 Å². The van der Waals surface area contributed by atoms with Crippen LogP contribution in [0.4, 0.5) is 0 Å². The number of rotatable bonds is 1. The van der Waals surface area contributed by atoms with Crippen molar-refractivity contribution in [2.75, 3.05) is 0 Å². The normalized spacial score (nSPS) is 25.5. The van der Waals surface area contributed by atoms with Crippen LogP contribution in [0.1, 0.15) is 31.4 Å². The second kappa shape index (κ2) is 3.46. The fraction of sp³-hybridized carbons (Fsp3) is 0.462. The Balaban J connectivity index is 2.60. The first kappa shape index (κ1) is 10.4. The van der Waals surface area contributed by atoms with E-state index in [1.54, 1.807) is 0 Å². The van der Waals surface area contributed by atoms with E-state index in [2.05, 4.69) is 0 Å². The van der Waals surface area contributed by atoms with Crippen LogP contribution in [0.25, 0.3) is 0 Å². The summed E-state index contributed by atoms with van der Waals surface area (Å²) in [6.07, 6.45) is 1.20. The van der Waals surface area contributed by atoms with Gasteiger partial charge in [-0.25, -0.2) is 0 Å². The van der Waals surface area contributed by atoms with Gasteiger partial charge in [0, 0.05) is 6.42 Å². The summed E-state index contributed by atoms with van der Waals surface area (Å²) >= 11 is 0. The van der Waals surface area contributed by atoms with E-state index in [4.69, 9.17) is 0 Å². The van der Waals surface area contributed by atoms with E-state index < -0.39 is 5.60 Å². The van der Waals surface area contributed by atoms with Crippen LogP contribution in [-0.2, 0) is 16.8 Å². The fourth-order valence-corrected chi connectivity index (χ4v) is 2.33. The molecule has 1 aromatic carbocycles. The molecule has 1 atom stereocenters. The number of carbonyl (C=O) groups is 1. The van der Waals surface area contributed by atoms with Gasteiger partial charge >= 0.3 is 0 Å². The molecule has 0 aromatic heterocycles. The lowest BCUT2D eigenvalue weighted by atomic mass is 9.72. The lowest BCUT2D eigenvalue weighted by Gasteiger charge is -2.36. The number of carbonyl (C=O) groups excluding carboxylic acids is 1. The molecule has 0 bridgehead atoms. The number of benzene rings is 1. The maximum atomic E-state index is 11.9. The Hall–Kier alpha value is -1.15. The topological polar surface area (TPSA) is 37.3 Å². The average molecular weight is 204 g/mol. The zero-order chi connectivity index (χ0) is 11.1. The van der Waals surface area contributed by atoms with Gasteiger partial charge in [-0.05, 0) is 23.5 Å². The van der Waals surface area contributed by atoms with Crippen LogP contribution >= 0.6 is 0 Å². The zero-order valence-corrected chi connectivity index (χ0v) is 9.16. The lowest BCUT2D eigenvalue weighted by Crippen LogP contribution is -2.44. The summed E-state index contributed by atoms with van der Waals surface area (Å²) in [5.41, 5.74) is 0.638. The average Bonchev–Trinajstić information content (AvgIpc) is 2.23. The minimum absolute atomic E-state index is 0.0452. The summed E-state index contributed by atoms with van der Waals surface area (Å²) in [6, 6.07) is 7.70. The highest BCUT2D eigenvalue weighted by Crippen LogP contribution is 2.37. The third-order valence-corrected chi connectivity index (χ3v) is 3.31. The lowest BCUT2D eigenvalue weighted by molar-refractivity contribution is -0.144. The van der Waals surface area contributed by atoms with E-state index in [0.717, 1.165) is 17.5 Å². The Morgan fingerprint density at radius 1 is 1.27 bits per heavy atom. The first-order valence-corrected chi connectivity index (χ1v) is 5.41. The SMILES string of the molecule is CC(C)C1(O)C(=O)CCc2ccccc21. The van der Waals surface area contributed by atoms with Gasteiger partial charge in [-0.15, -0.1) is 0 Å². The van der Waals surface area contributed by atoms with Crippen molar-refractivity contribution in [1.82, 2.24) is 0 Å². The number of hydrogen-bond acceptors (Lipinski definition) is 2. The second-order valence-corrected chi connectivity index (χ2v) is 4.50. The van der Waals surface area contributed by atoms with Gasteiger partial charge in [0.25, 0.3) is 0 Å². The summed E-state index contributed by atoms with van der Waals surface area (Å²) < 4.78 is 0. The van der Waals surface area contributed by atoms with Crippen molar-refractivity contribution in [3.63, 3.8) is 0 Å².